The second-order valence-corrected chi connectivity index (χ2v) is 5.06. The van der Waals surface area contributed by atoms with Crippen LogP contribution in [0.2, 0.25) is 0 Å². The number of hydrogen-bond donors (Lipinski definition) is 0. The van der Waals surface area contributed by atoms with Crippen LogP contribution in [-0.4, -0.2) is 51.3 Å². The van der Waals surface area contributed by atoms with Crippen molar-refractivity contribution in [1.29, 1.82) is 0 Å². The van der Waals surface area contributed by atoms with E-state index < -0.39 is 24.9 Å². The van der Waals surface area contributed by atoms with Gasteiger partial charge in [0.1, 0.15) is 0 Å². The van der Waals surface area contributed by atoms with Crippen molar-refractivity contribution in [3.05, 3.63) is 0 Å². The molecule has 0 aliphatic heterocycles. The molecule has 0 aromatic carbocycles. The molecule has 0 bridgehead atoms. The molecule has 0 fully saturated rings. The summed E-state index contributed by atoms with van der Waals surface area (Å²) in [6, 6.07) is 0. The lowest BCUT2D eigenvalue weighted by Crippen LogP contribution is -2.26. The van der Waals surface area contributed by atoms with Crippen LogP contribution in [0.3, 0.4) is 0 Å². The first-order valence-corrected chi connectivity index (χ1v) is 8.92. The monoisotopic (exact) mass is 364 g/mol. The van der Waals surface area contributed by atoms with Gasteiger partial charge in [-0.15, -0.1) is 0 Å². The molecule has 8 heteroatoms. The number of esters is 2. The minimum Gasteiger partial charge on any atom is -0.410 e. The molecule has 0 saturated carbocycles. The summed E-state index contributed by atoms with van der Waals surface area (Å²) in [5.74, 6) is -0.989. The maximum Gasteiger partial charge on any atom is 0.318 e. The molecule has 0 aliphatic carbocycles. The van der Waals surface area contributed by atoms with Gasteiger partial charge >= 0.3 is 24.9 Å². The van der Waals surface area contributed by atoms with E-state index in [1.165, 1.54) is 0 Å². The smallest absolute Gasteiger partial charge is 0.318 e. The Hall–Kier alpha value is -1.22. The van der Waals surface area contributed by atoms with Gasteiger partial charge in [0.2, 0.25) is 0 Å². The Morgan fingerprint density at radius 1 is 0.680 bits per heavy atom. The van der Waals surface area contributed by atoms with E-state index in [0.29, 0.717) is 26.4 Å². The normalized spacial score (nSPS) is 13.3. The minimum absolute atomic E-state index is 0.0588. The lowest BCUT2D eigenvalue weighted by Gasteiger charge is -2.18. The first-order chi connectivity index (χ1) is 12.1. The Morgan fingerprint density at radius 2 is 1.08 bits per heavy atom. The van der Waals surface area contributed by atoms with Gasteiger partial charge in [-0.3, -0.25) is 9.59 Å². The van der Waals surface area contributed by atoms with Crippen LogP contribution >= 0.6 is 0 Å². The third kappa shape index (κ3) is 13.7. The van der Waals surface area contributed by atoms with E-state index in [2.05, 4.69) is 0 Å². The second-order valence-electron chi connectivity index (χ2n) is 5.06. The number of carbonyl (C=O) groups excluding carboxylic acids is 2. The fraction of sp³-hybridized carbons (Fsp3) is 0.882. The first kappa shape index (κ1) is 23.8. The van der Waals surface area contributed by atoms with Crippen molar-refractivity contribution in [3.63, 3.8) is 0 Å². The van der Waals surface area contributed by atoms with Crippen LogP contribution in [0.4, 0.5) is 0 Å². The predicted octanol–water partition coefficient (Wildman–Crippen LogP) is 2.74. The molecule has 2 atom stereocenters. The van der Waals surface area contributed by atoms with Crippen LogP contribution in [0.15, 0.2) is 0 Å². The third-order valence-electron chi connectivity index (χ3n) is 2.74. The zero-order valence-corrected chi connectivity index (χ0v) is 15.8. The summed E-state index contributed by atoms with van der Waals surface area (Å²) in [6.07, 6.45) is 1.98. The fourth-order valence-corrected chi connectivity index (χ4v) is 1.64. The molecular formula is C17H32O8. The van der Waals surface area contributed by atoms with E-state index in [-0.39, 0.29) is 19.3 Å². The SMILES string of the molecule is CCCOC(OCC)OC(=O)CCCC(=O)OC(OCC)OCCC. The Labute approximate surface area is 150 Å². The van der Waals surface area contributed by atoms with E-state index in [0.717, 1.165) is 12.8 Å². The molecule has 0 rings (SSSR count). The van der Waals surface area contributed by atoms with Gasteiger partial charge in [0, 0.05) is 12.8 Å². The van der Waals surface area contributed by atoms with Crippen LogP contribution in [0.25, 0.3) is 0 Å². The Morgan fingerprint density at radius 3 is 1.40 bits per heavy atom. The van der Waals surface area contributed by atoms with Gasteiger partial charge in [0.15, 0.2) is 0 Å². The second kappa shape index (κ2) is 16.3. The van der Waals surface area contributed by atoms with Crippen LogP contribution in [0.1, 0.15) is 59.8 Å². The molecule has 0 heterocycles. The van der Waals surface area contributed by atoms with Crippen LogP contribution in [0, 0.1) is 0 Å². The summed E-state index contributed by atoms with van der Waals surface area (Å²) < 4.78 is 31.0. The summed E-state index contributed by atoms with van der Waals surface area (Å²) >= 11 is 0. The van der Waals surface area contributed by atoms with Crippen molar-refractivity contribution >= 4 is 11.9 Å². The highest BCUT2D eigenvalue weighted by Gasteiger charge is 2.17. The van der Waals surface area contributed by atoms with Crippen molar-refractivity contribution in [2.45, 2.75) is 72.8 Å². The van der Waals surface area contributed by atoms with Crippen molar-refractivity contribution < 1.29 is 38.0 Å². The van der Waals surface area contributed by atoms with Gasteiger partial charge in [-0.05, 0) is 33.1 Å². The van der Waals surface area contributed by atoms with Crippen molar-refractivity contribution in [3.8, 4) is 0 Å². The van der Waals surface area contributed by atoms with E-state index >= 15 is 0 Å². The zero-order chi connectivity index (χ0) is 18.9. The van der Waals surface area contributed by atoms with Crippen molar-refractivity contribution in [2.75, 3.05) is 26.4 Å². The molecule has 8 nitrogen and oxygen atoms in total. The molecular weight excluding hydrogens is 332 g/mol. The highest BCUT2D eigenvalue weighted by Crippen LogP contribution is 2.07. The highest BCUT2D eigenvalue weighted by molar-refractivity contribution is 5.72. The van der Waals surface area contributed by atoms with Gasteiger partial charge in [0.05, 0.1) is 26.4 Å². The van der Waals surface area contributed by atoms with Crippen molar-refractivity contribution in [1.82, 2.24) is 0 Å². The fourth-order valence-electron chi connectivity index (χ4n) is 1.64. The maximum absolute atomic E-state index is 11.8. The number of ether oxygens (including phenoxy) is 6. The van der Waals surface area contributed by atoms with Gasteiger partial charge in [-0.25, -0.2) is 0 Å². The number of rotatable bonds is 16. The summed E-state index contributed by atoms with van der Waals surface area (Å²) in [7, 11) is 0. The lowest BCUT2D eigenvalue weighted by atomic mass is 10.2. The van der Waals surface area contributed by atoms with Crippen molar-refractivity contribution in [2.24, 2.45) is 0 Å². The van der Waals surface area contributed by atoms with Gasteiger partial charge in [-0.1, -0.05) is 13.8 Å². The van der Waals surface area contributed by atoms with Gasteiger partial charge in [0.25, 0.3) is 0 Å². The van der Waals surface area contributed by atoms with E-state index in [1.807, 2.05) is 13.8 Å². The Kier molecular flexibility index (Phi) is 15.5. The molecule has 2 unspecified atom stereocenters. The summed E-state index contributed by atoms with van der Waals surface area (Å²) in [4.78, 5) is 23.5. The minimum atomic E-state index is -1.01. The standard InChI is InChI=1S/C17H32O8/c1-5-12-22-16(20-7-3)24-14(18)10-9-11-15(19)25-17(21-8-4)23-13-6-2/h16-17H,5-13H2,1-4H3. The molecule has 0 aliphatic rings. The average Bonchev–Trinajstić information content (AvgIpc) is 2.58. The van der Waals surface area contributed by atoms with E-state index in [9.17, 15) is 9.59 Å². The van der Waals surface area contributed by atoms with E-state index in [1.54, 1.807) is 13.8 Å². The molecule has 0 radical (unpaired) electrons. The van der Waals surface area contributed by atoms with Gasteiger partial charge < -0.3 is 28.4 Å². The average molecular weight is 364 g/mol. The van der Waals surface area contributed by atoms with Crippen LogP contribution in [-0.2, 0) is 38.0 Å². The molecule has 0 N–H and O–H groups in total. The molecule has 0 saturated heterocycles. The number of hydrogen-bond acceptors (Lipinski definition) is 8. The topological polar surface area (TPSA) is 89.5 Å². The largest absolute Gasteiger partial charge is 0.410 e. The molecule has 0 aromatic rings. The van der Waals surface area contributed by atoms with Crippen LogP contribution < -0.4 is 0 Å². The Balaban J connectivity index is 4.04. The Bertz CT molecular complexity index is 316. The van der Waals surface area contributed by atoms with Crippen LogP contribution in [0.5, 0.6) is 0 Å². The maximum atomic E-state index is 11.8. The van der Waals surface area contributed by atoms with Gasteiger partial charge in [-0.2, -0.15) is 0 Å². The summed E-state index contributed by atoms with van der Waals surface area (Å²) in [5.41, 5.74) is 0. The molecule has 0 amide bonds. The lowest BCUT2D eigenvalue weighted by molar-refractivity contribution is -0.274. The summed E-state index contributed by atoms with van der Waals surface area (Å²) in [6.45, 7) is 7.02. The third-order valence-corrected chi connectivity index (χ3v) is 2.74. The molecule has 25 heavy (non-hydrogen) atoms. The quantitative estimate of drug-likeness (QED) is 0.305. The number of carbonyl (C=O) groups is 2. The molecule has 0 spiro atoms. The summed E-state index contributed by atoms with van der Waals surface area (Å²) in [5, 5.41) is 0. The van der Waals surface area contributed by atoms with E-state index in [4.69, 9.17) is 28.4 Å². The predicted molar refractivity (Wildman–Crippen MR) is 89.3 cm³/mol. The first-order valence-electron chi connectivity index (χ1n) is 8.92. The molecule has 0 aromatic heterocycles. The zero-order valence-electron chi connectivity index (χ0n) is 15.8. The highest BCUT2D eigenvalue weighted by atomic mass is 16.9. The molecule has 148 valence electrons.